The lowest BCUT2D eigenvalue weighted by molar-refractivity contribution is -0.386. The highest BCUT2D eigenvalue weighted by Crippen LogP contribution is 2.02. The Morgan fingerprint density at radius 1 is 1.56 bits per heavy atom. The van der Waals surface area contributed by atoms with Crippen molar-refractivity contribution in [3.05, 3.63) is 37.1 Å². The molecule has 0 aliphatic heterocycles. The van der Waals surface area contributed by atoms with Crippen LogP contribution < -0.4 is 16.6 Å². The van der Waals surface area contributed by atoms with Crippen LogP contribution in [0, 0.1) is 16.0 Å². The molecule has 0 aliphatic carbocycles. The summed E-state index contributed by atoms with van der Waals surface area (Å²) in [5.41, 5.74) is -2.22. The molecule has 0 aromatic carbocycles. The number of H-pyrrole nitrogens is 1. The van der Waals surface area contributed by atoms with E-state index in [4.69, 9.17) is 0 Å². The van der Waals surface area contributed by atoms with Gasteiger partial charge in [0.1, 0.15) is 0 Å². The summed E-state index contributed by atoms with van der Waals surface area (Å²) >= 11 is 0. The lowest BCUT2D eigenvalue weighted by atomic mass is 10.2. The minimum absolute atomic E-state index is 0.119. The molecule has 1 heterocycles. The van der Waals surface area contributed by atoms with Gasteiger partial charge < -0.3 is 5.32 Å². The summed E-state index contributed by atoms with van der Waals surface area (Å²) in [4.78, 5) is 34.4. The molecule has 1 aromatic heterocycles. The van der Waals surface area contributed by atoms with Crippen molar-refractivity contribution in [2.75, 3.05) is 13.1 Å². The molecule has 1 unspecified atom stereocenters. The van der Waals surface area contributed by atoms with Gasteiger partial charge in [-0.05, 0) is 19.0 Å². The van der Waals surface area contributed by atoms with Crippen molar-refractivity contribution in [1.82, 2.24) is 14.9 Å². The van der Waals surface area contributed by atoms with E-state index in [2.05, 4.69) is 5.32 Å². The number of rotatable bonds is 6. The number of aromatic amines is 1. The highest BCUT2D eigenvalue weighted by atomic mass is 16.6. The van der Waals surface area contributed by atoms with E-state index in [0.717, 1.165) is 17.3 Å². The second kappa shape index (κ2) is 6.10. The van der Waals surface area contributed by atoms with Gasteiger partial charge >= 0.3 is 16.9 Å². The Kier molecular flexibility index (Phi) is 4.78. The number of hydrogen-bond donors (Lipinski definition) is 2. The Labute approximate surface area is 103 Å². The first-order valence-electron chi connectivity index (χ1n) is 5.64. The van der Waals surface area contributed by atoms with Crippen molar-refractivity contribution in [2.45, 2.75) is 20.4 Å². The smallest absolute Gasteiger partial charge is 0.317 e. The highest BCUT2D eigenvalue weighted by Gasteiger charge is 2.15. The molecule has 1 atom stereocenters. The number of nitrogens with one attached hydrogen (secondary N) is 2. The molecule has 0 radical (unpaired) electrons. The molecule has 1 rings (SSSR count). The largest absolute Gasteiger partial charge is 0.350 e. The van der Waals surface area contributed by atoms with Crippen LogP contribution in [0.2, 0.25) is 0 Å². The quantitative estimate of drug-likeness (QED) is 0.536. The van der Waals surface area contributed by atoms with Crippen LogP contribution in [-0.2, 0) is 6.54 Å². The van der Waals surface area contributed by atoms with Crippen LogP contribution in [-0.4, -0.2) is 27.6 Å². The van der Waals surface area contributed by atoms with Crippen molar-refractivity contribution in [3.63, 3.8) is 0 Å². The average molecular weight is 256 g/mol. The summed E-state index contributed by atoms with van der Waals surface area (Å²) in [5, 5.41) is 13.7. The van der Waals surface area contributed by atoms with Crippen LogP contribution in [0.25, 0.3) is 0 Å². The van der Waals surface area contributed by atoms with Crippen molar-refractivity contribution >= 4 is 5.69 Å². The molecule has 1 aromatic rings. The van der Waals surface area contributed by atoms with Crippen molar-refractivity contribution in [1.29, 1.82) is 0 Å². The van der Waals surface area contributed by atoms with Gasteiger partial charge in [0.25, 0.3) is 0 Å². The molecule has 0 saturated carbocycles. The number of hydrogen-bond acceptors (Lipinski definition) is 5. The second-order valence-electron chi connectivity index (χ2n) is 4.10. The minimum atomic E-state index is -0.972. The zero-order valence-corrected chi connectivity index (χ0v) is 10.3. The molecule has 18 heavy (non-hydrogen) atoms. The fourth-order valence-electron chi connectivity index (χ4n) is 1.55. The summed E-state index contributed by atoms with van der Waals surface area (Å²) in [7, 11) is 0. The molecule has 8 nitrogen and oxygen atoms in total. The van der Waals surface area contributed by atoms with Gasteiger partial charge in [0.05, 0.1) is 11.1 Å². The minimum Gasteiger partial charge on any atom is -0.317 e. The van der Waals surface area contributed by atoms with E-state index in [9.17, 15) is 19.7 Å². The second-order valence-corrected chi connectivity index (χ2v) is 4.10. The molecular weight excluding hydrogens is 240 g/mol. The third-order valence-corrected chi connectivity index (χ3v) is 2.44. The Morgan fingerprint density at radius 3 is 2.78 bits per heavy atom. The first-order valence-corrected chi connectivity index (χ1v) is 5.64. The molecule has 0 bridgehead atoms. The predicted octanol–water partition coefficient (Wildman–Crippen LogP) is -0.310. The van der Waals surface area contributed by atoms with Gasteiger partial charge in [-0.3, -0.25) is 24.5 Å². The van der Waals surface area contributed by atoms with Gasteiger partial charge in [-0.15, -0.1) is 0 Å². The number of nitrogens with zero attached hydrogens (tertiary/aromatic N) is 2. The Bertz CT molecular complexity index is 533. The highest BCUT2D eigenvalue weighted by molar-refractivity contribution is 5.20. The van der Waals surface area contributed by atoms with Crippen LogP contribution >= 0.6 is 0 Å². The first kappa shape index (κ1) is 14.1. The van der Waals surface area contributed by atoms with Gasteiger partial charge in [0.2, 0.25) is 0 Å². The number of aromatic nitrogens is 2. The summed E-state index contributed by atoms with van der Waals surface area (Å²) in [6, 6.07) is 0. The summed E-state index contributed by atoms with van der Waals surface area (Å²) < 4.78 is 1.15. The average Bonchev–Trinajstić information content (AvgIpc) is 2.29. The third-order valence-electron chi connectivity index (χ3n) is 2.44. The molecule has 0 fully saturated rings. The van der Waals surface area contributed by atoms with Gasteiger partial charge in [0.15, 0.2) is 0 Å². The maximum absolute atomic E-state index is 11.5. The van der Waals surface area contributed by atoms with Crippen LogP contribution in [0.15, 0.2) is 15.8 Å². The van der Waals surface area contributed by atoms with Crippen LogP contribution in [0.5, 0.6) is 0 Å². The lowest BCUT2D eigenvalue weighted by Crippen LogP contribution is -2.34. The fraction of sp³-hybridized carbons (Fsp3) is 0.600. The molecule has 2 N–H and O–H groups in total. The Hall–Kier alpha value is -1.96. The van der Waals surface area contributed by atoms with Crippen LogP contribution in [0.3, 0.4) is 0 Å². The van der Waals surface area contributed by atoms with Gasteiger partial charge in [0, 0.05) is 6.54 Å². The topological polar surface area (TPSA) is 110 Å². The zero-order valence-electron chi connectivity index (χ0n) is 10.3. The van der Waals surface area contributed by atoms with Crippen LogP contribution in [0.4, 0.5) is 5.69 Å². The van der Waals surface area contributed by atoms with E-state index in [1.807, 2.05) is 18.8 Å². The number of nitro groups is 1. The van der Waals surface area contributed by atoms with E-state index in [0.29, 0.717) is 13.1 Å². The monoisotopic (exact) mass is 256 g/mol. The van der Waals surface area contributed by atoms with Gasteiger partial charge in [-0.1, -0.05) is 13.8 Å². The zero-order chi connectivity index (χ0) is 13.7. The normalized spacial score (nSPS) is 12.3. The standard InChI is InChI=1S/C10H16N4O4/c1-3-11-4-7(2)5-13-6-8(14(17)18)9(15)12-10(13)16/h6-7,11H,3-5H2,1-2H3,(H,12,15,16). The summed E-state index contributed by atoms with van der Waals surface area (Å²) in [6.45, 7) is 5.68. The van der Waals surface area contributed by atoms with E-state index in [-0.39, 0.29) is 5.92 Å². The first-order chi connectivity index (χ1) is 8.45. The molecule has 0 amide bonds. The maximum atomic E-state index is 11.5. The van der Waals surface area contributed by atoms with E-state index in [1.165, 1.54) is 0 Å². The predicted molar refractivity (Wildman–Crippen MR) is 65.7 cm³/mol. The van der Waals surface area contributed by atoms with Gasteiger partial charge in [-0.2, -0.15) is 0 Å². The molecule has 0 spiro atoms. The van der Waals surface area contributed by atoms with Crippen LogP contribution in [0.1, 0.15) is 13.8 Å². The molecule has 0 saturated heterocycles. The van der Waals surface area contributed by atoms with E-state index >= 15 is 0 Å². The van der Waals surface area contributed by atoms with Crippen molar-refractivity contribution < 1.29 is 4.92 Å². The molecular formula is C10H16N4O4. The maximum Gasteiger partial charge on any atom is 0.350 e. The van der Waals surface area contributed by atoms with Gasteiger partial charge in [-0.25, -0.2) is 4.79 Å². The van der Waals surface area contributed by atoms with Crippen molar-refractivity contribution in [3.8, 4) is 0 Å². The lowest BCUT2D eigenvalue weighted by Gasteiger charge is -2.12. The molecule has 100 valence electrons. The summed E-state index contributed by atoms with van der Waals surface area (Å²) in [5.74, 6) is 0.119. The van der Waals surface area contributed by atoms with E-state index < -0.39 is 21.9 Å². The SMILES string of the molecule is CCNCC(C)Cn1cc([N+](=O)[O-])c(=O)[nH]c1=O. The molecule has 8 heteroatoms. The summed E-state index contributed by atoms with van der Waals surface area (Å²) in [6.07, 6.45) is 0.990. The van der Waals surface area contributed by atoms with E-state index in [1.54, 1.807) is 0 Å². The third kappa shape index (κ3) is 3.52. The Morgan fingerprint density at radius 2 is 2.22 bits per heavy atom. The fourth-order valence-corrected chi connectivity index (χ4v) is 1.55. The Balaban J connectivity index is 2.96. The molecule has 0 aliphatic rings. The van der Waals surface area contributed by atoms with Crippen molar-refractivity contribution in [2.24, 2.45) is 5.92 Å².